The second-order valence-electron chi connectivity index (χ2n) is 5.71. The second-order valence-corrected chi connectivity index (χ2v) is 5.71. The molecule has 0 aliphatic rings. The lowest BCUT2D eigenvalue weighted by Gasteiger charge is -2.08. The number of hydrogen-bond donors (Lipinski definition) is 2. The van der Waals surface area contributed by atoms with Crippen molar-refractivity contribution in [2.75, 3.05) is 0 Å². The Kier molecular flexibility index (Phi) is 5.12. The third-order valence-electron chi connectivity index (χ3n) is 3.97. The predicted molar refractivity (Wildman–Crippen MR) is 101 cm³/mol. The number of non-ortho nitro benzene ring substituents is 1. The van der Waals surface area contributed by atoms with Crippen molar-refractivity contribution < 1.29 is 14.8 Å². The summed E-state index contributed by atoms with van der Waals surface area (Å²) in [7, 11) is 0. The Balaban J connectivity index is 1.91. The molecule has 0 fully saturated rings. The Labute approximate surface area is 157 Å². The summed E-state index contributed by atoms with van der Waals surface area (Å²) in [5, 5.41) is 29.1. The van der Waals surface area contributed by atoms with Crippen molar-refractivity contribution in [3.05, 3.63) is 74.2 Å². The molecule has 0 radical (unpaired) electrons. The Morgan fingerprint density at radius 1 is 1.32 bits per heavy atom. The monoisotopic (exact) mass is 381 g/mol. The number of carbonyl (C=O) groups excluding carboxylic acids is 1. The van der Waals surface area contributed by atoms with Gasteiger partial charge in [-0.05, 0) is 19.1 Å². The fourth-order valence-electron chi connectivity index (χ4n) is 2.59. The van der Waals surface area contributed by atoms with Crippen LogP contribution in [0.3, 0.4) is 0 Å². The van der Waals surface area contributed by atoms with Crippen LogP contribution in [-0.4, -0.2) is 31.9 Å². The van der Waals surface area contributed by atoms with Crippen LogP contribution in [0.5, 0.6) is 5.75 Å². The highest BCUT2D eigenvalue weighted by Crippen LogP contribution is 2.21. The average molecular weight is 381 g/mol. The zero-order chi connectivity index (χ0) is 20.3. The Bertz CT molecular complexity index is 1170. The van der Waals surface area contributed by atoms with E-state index in [9.17, 15) is 24.8 Å². The molecular weight excluding hydrogens is 366 g/mol. The van der Waals surface area contributed by atoms with E-state index >= 15 is 0 Å². The van der Waals surface area contributed by atoms with Crippen molar-refractivity contribution in [3.63, 3.8) is 0 Å². The molecule has 0 atom stereocenters. The van der Waals surface area contributed by atoms with Gasteiger partial charge in [0.25, 0.3) is 17.2 Å². The number of nitrogens with one attached hydrogen (secondary N) is 1. The third kappa shape index (κ3) is 3.56. The number of nitrogens with zero attached hydrogens (tertiary/aromatic N) is 4. The molecule has 1 amide bonds. The van der Waals surface area contributed by atoms with Gasteiger partial charge in [0.1, 0.15) is 5.75 Å². The number of benzene rings is 2. The molecule has 1 heterocycles. The van der Waals surface area contributed by atoms with Crippen LogP contribution in [0.2, 0.25) is 0 Å². The van der Waals surface area contributed by atoms with Gasteiger partial charge in [-0.25, -0.2) is 10.1 Å². The summed E-state index contributed by atoms with van der Waals surface area (Å²) < 4.78 is 1.17. The lowest BCUT2D eigenvalue weighted by Crippen LogP contribution is -2.28. The molecule has 0 saturated carbocycles. The normalized spacial score (nSPS) is 11.0. The maximum Gasteiger partial charge on any atom is 0.292 e. The molecule has 0 bridgehead atoms. The summed E-state index contributed by atoms with van der Waals surface area (Å²) in [6.07, 6.45) is 1.08. The van der Waals surface area contributed by atoms with Crippen molar-refractivity contribution in [2.24, 2.45) is 5.10 Å². The summed E-state index contributed by atoms with van der Waals surface area (Å²) >= 11 is 0. The number of phenolic OH excluding ortho intramolecular Hbond substituents is 1. The van der Waals surface area contributed by atoms with Crippen LogP contribution < -0.4 is 11.0 Å². The highest BCUT2D eigenvalue weighted by Gasteiger charge is 2.16. The number of aromatic nitrogens is 2. The minimum absolute atomic E-state index is 0.0115. The number of hydrazone groups is 1. The first kappa shape index (κ1) is 18.7. The van der Waals surface area contributed by atoms with E-state index in [4.69, 9.17) is 0 Å². The van der Waals surface area contributed by atoms with Crippen LogP contribution in [0.15, 0.2) is 52.4 Å². The van der Waals surface area contributed by atoms with Crippen molar-refractivity contribution in [1.29, 1.82) is 0 Å². The fraction of sp³-hybridized carbons (Fsp3) is 0.111. The summed E-state index contributed by atoms with van der Waals surface area (Å²) in [6.45, 7) is 2.02. The van der Waals surface area contributed by atoms with Crippen molar-refractivity contribution in [1.82, 2.24) is 15.2 Å². The summed E-state index contributed by atoms with van der Waals surface area (Å²) in [5.41, 5.74) is 1.80. The highest BCUT2D eigenvalue weighted by atomic mass is 16.6. The number of phenols is 1. The van der Waals surface area contributed by atoms with E-state index in [1.165, 1.54) is 4.68 Å². The van der Waals surface area contributed by atoms with Gasteiger partial charge < -0.3 is 5.11 Å². The average Bonchev–Trinajstić information content (AvgIpc) is 2.69. The topological polar surface area (TPSA) is 140 Å². The lowest BCUT2D eigenvalue weighted by atomic mass is 10.1. The van der Waals surface area contributed by atoms with Crippen molar-refractivity contribution in [3.8, 4) is 5.75 Å². The van der Waals surface area contributed by atoms with E-state index < -0.39 is 10.8 Å². The van der Waals surface area contributed by atoms with Gasteiger partial charge in [-0.1, -0.05) is 18.2 Å². The molecule has 0 aliphatic carbocycles. The zero-order valence-electron chi connectivity index (χ0n) is 14.7. The summed E-state index contributed by atoms with van der Waals surface area (Å²) in [6, 6.07) is 10.0. The van der Waals surface area contributed by atoms with Crippen LogP contribution >= 0.6 is 0 Å². The Hall–Kier alpha value is -4.08. The molecule has 0 spiro atoms. The number of nitro benzene ring substituents is 1. The number of hydrogen-bond acceptors (Lipinski definition) is 7. The van der Waals surface area contributed by atoms with Gasteiger partial charge in [-0.2, -0.15) is 10.2 Å². The third-order valence-corrected chi connectivity index (χ3v) is 3.97. The first-order valence-corrected chi connectivity index (χ1v) is 8.23. The molecule has 10 nitrogen and oxygen atoms in total. The van der Waals surface area contributed by atoms with Gasteiger partial charge in [-0.15, -0.1) is 0 Å². The molecule has 10 heteroatoms. The SMILES string of the molecule is CCn1nc(C(=O)N/N=C/c2cc([N+](=O)[O-])ccc2O)c2ccccc2c1=O. The molecule has 3 aromatic rings. The van der Waals surface area contributed by atoms with Crippen LogP contribution in [0.4, 0.5) is 5.69 Å². The van der Waals surface area contributed by atoms with E-state index in [1.54, 1.807) is 31.2 Å². The number of carbonyl (C=O) groups is 1. The fourth-order valence-corrected chi connectivity index (χ4v) is 2.59. The zero-order valence-corrected chi connectivity index (χ0v) is 14.7. The van der Waals surface area contributed by atoms with E-state index in [0.717, 1.165) is 24.4 Å². The van der Waals surface area contributed by atoms with Crippen molar-refractivity contribution >= 4 is 28.6 Å². The van der Waals surface area contributed by atoms with Crippen LogP contribution in [-0.2, 0) is 6.54 Å². The van der Waals surface area contributed by atoms with Crippen LogP contribution in [0, 0.1) is 10.1 Å². The molecule has 1 aromatic heterocycles. The number of rotatable bonds is 5. The molecule has 28 heavy (non-hydrogen) atoms. The van der Waals surface area contributed by atoms with Crippen molar-refractivity contribution in [2.45, 2.75) is 13.5 Å². The predicted octanol–water partition coefficient (Wildman–Crippen LogP) is 1.79. The molecule has 0 unspecified atom stereocenters. The standard InChI is InChI=1S/C18H15N5O5/c1-2-22-18(26)14-6-4-3-5-13(14)16(21-22)17(25)20-19-10-11-9-12(23(27)28)7-8-15(11)24/h3-10,24H,2H2,1H3,(H,20,25)/b19-10+. The van der Waals surface area contributed by atoms with Gasteiger partial charge in [0.05, 0.1) is 16.5 Å². The van der Waals surface area contributed by atoms with E-state index in [-0.39, 0.29) is 34.8 Å². The first-order valence-electron chi connectivity index (χ1n) is 8.23. The number of fused-ring (bicyclic) bond motifs is 1. The number of amides is 1. The second kappa shape index (κ2) is 7.66. The molecule has 142 valence electrons. The Morgan fingerprint density at radius 3 is 2.71 bits per heavy atom. The molecule has 0 aliphatic heterocycles. The number of nitro groups is 1. The number of aryl methyl sites for hydroxylation is 1. The van der Waals surface area contributed by atoms with E-state index in [2.05, 4.69) is 15.6 Å². The largest absolute Gasteiger partial charge is 0.507 e. The van der Waals surface area contributed by atoms with E-state index in [1.807, 2.05) is 0 Å². The van der Waals surface area contributed by atoms with Crippen LogP contribution in [0.1, 0.15) is 23.0 Å². The quantitative estimate of drug-likeness (QED) is 0.392. The lowest BCUT2D eigenvalue weighted by molar-refractivity contribution is -0.384. The van der Waals surface area contributed by atoms with Gasteiger partial charge in [-0.3, -0.25) is 19.7 Å². The minimum atomic E-state index is -0.667. The van der Waals surface area contributed by atoms with E-state index in [0.29, 0.717) is 10.8 Å². The molecule has 3 rings (SSSR count). The van der Waals surface area contributed by atoms with Gasteiger partial charge in [0.15, 0.2) is 5.69 Å². The Morgan fingerprint density at radius 2 is 2.04 bits per heavy atom. The van der Waals surface area contributed by atoms with Crippen LogP contribution in [0.25, 0.3) is 10.8 Å². The summed E-state index contributed by atoms with van der Waals surface area (Å²) in [4.78, 5) is 35.0. The van der Waals surface area contributed by atoms with Gasteiger partial charge >= 0.3 is 0 Å². The summed E-state index contributed by atoms with van der Waals surface area (Å²) in [5.74, 6) is -0.897. The maximum absolute atomic E-state index is 12.5. The molecule has 2 N–H and O–H groups in total. The smallest absolute Gasteiger partial charge is 0.292 e. The molecular formula is C18H15N5O5. The molecule has 2 aromatic carbocycles. The first-order chi connectivity index (χ1) is 13.4. The minimum Gasteiger partial charge on any atom is -0.507 e. The van der Waals surface area contributed by atoms with Gasteiger partial charge in [0.2, 0.25) is 0 Å². The number of aromatic hydroxyl groups is 1. The van der Waals surface area contributed by atoms with Gasteiger partial charge in [0, 0.05) is 29.6 Å². The molecule has 0 saturated heterocycles. The highest BCUT2D eigenvalue weighted by molar-refractivity contribution is 6.05. The maximum atomic E-state index is 12.5.